The van der Waals surface area contributed by atoms with Gasteiger partial charge in [0.1, 0.15) is 4.34 Å². The standard InChI is InChI=1S/C11H12Cl2O3S/c12-8-4-7(10(13)17-8)9(14)5-2-1-3-6(5)11(15)16/h4-6,9,14H,1-3H2,(H,15,16). The molecule has 0 bridgehead atoms. The molecule has 0 aromatic carbocycles. The second kappa shape index (κ2) is 5.14. The van der Waals surface area contributed by atoms with Crippen molar-refractivity contribution in [2.75, 3.05) is 0 Å². The molecule has 1 aromatic rings. The highest BCUT2D eigenvalue weighted by molar-refractivity contribution is 7.20. The van der Waals surface area contributed by atoms with Gasteiger partial charge in [-0.2, -0.15) is 0 Å². The van der Waals surface area contributed by atoms with Crippen LogP contribution in [0.4, 0.5) is 0 Å². The predicted octanol–water partition coefficient (Wildman–Crippen LogP) is 3.59. The Morgan fingerprint density at radius 2 is 2.18 bits per heavy atom. The lowest BCUT2D eigenvalue weighted by Crippen LogP contribution is -2.23. The molecular formula is C11H12Cl2O3S. The van der Waals surface area contributed by atoms with E-state index in [1.807, 2.05) is 0 Å². The van der Waals surface area contributed by atoms with Crippen molar-refractivity contribution in [3.8, 4) is 0 Å². The van der Waals surface area contributed by atoms with E-state index in [-0.39, 0.29) is 5.92 Å². The Morgan fingerprint density at radius 1 is 1.47 bits per heavy atom. The Balaban J connectivity index is 2.22. The van der Waals surface area contributed by atoms with Gasteiger partial charge in [0.15, 0.2) is 0 Å². The number of rotatable bonds is 3. The van der Waals surface area contributed by atoms with Crippen molar-refractivity contribution >= 4 is 40.5 Å². The van der Waals surface area contributed by atoms with Crippen LogP contribution in [0.2, 0.25) is 8.67 Å². The molecule has 0 spiro atoms. The summed E-state index contributed by atoms with van der Waals surface area (Å²) in [4.78, 5) is 11.1. The fourth-order valence-electron chi connectivity index (χ4n) is 2.46. The summed E-state index contributed by atoms with van der Waals surface area (Å²) in [5.74, 6) is -1.60. The molecule has 2 rings (SSSR count). The van der Waals surface area contributed by atoms with Gasteiger partial charge < -0.3 is 10.2 Å². The van der Waals surface area contributed by atoms with Crippen LogP contribution in [-0.4, -0.2) is 16.2 Å². The van der Waals surface area contributed by atoms with E-state index in [1.54, 1.807) is 6.07 Å². The van der Waals surface area contributed by atoms with Gasteiger partial charge in [-0.05, 0) is 18.9 Å². The Morgan fingerprint density at radius 3 is 2.71 bits per heavy atom. The van der Waals surface area contributed by atoms with Gasteiger partial charge in [-0.3, -0.25) is 4.79 Å². The van der Waals surface area contributed by atoms with Gasteiger partial charge in [-0.25, -0.2) is 0 Å². The highest BCUT2D eigenvalue weighted by atomic mass is 35.5. The van der Waals surface area contributed by atoms with Crippen LogP contribution in [0.1, 0.15) is 30.9 Å². The molecule has 1 aliphatic carbocycles. The molecule has 1 aromatic heterocycles. The molecule has 94 valence electrons. The largest absolute Gasteiger partial charge is 0.481 e. The lowest BCUT2D eigenvalue weighted by Gasteiger charge is -2.21. The van der Waals surface area contributed by atoms with Crippen LogP contribution in [0.25, 0.3) is 0 Å². The average Bonchev–Trinajstić information content (AvgIpc) is 2.83. The minimum atomic E-state index is -0.844. The van der Waals surface area contributed by atoms with E-state index in [9.17, 15) is 9.90 Å². The zero-order chi connectivity index (χ0) is 12.6. The van der Waals surface area contributed by atoms with Crippen molar-refractivity contribution < 1.29 is 15.0 Å². The number of thiophene rings is 1. The first-order chi connectivity index (χ1) is 8.00. The summed E-state index contributed by atoms with van der Waals surface area (Å²) in [6, 6.07) is 1.62. The number of carboxylic acid groups (broad SMARTS) is 1. The number of aliphatic carboxylic acids is 1. The fourth-order valence-corrected chi connectivity index (χ4v) is 4.00. The zero-order valence-corrected chi connectivity index (χ0v) is 11.2. The summed E-state index contributed by atoms with van der Waals surface area (Å²) in [6.07, 6.45) is 1.32. The number of carboxylic acids is 1. The minimum absolute atomic E-state index is 0.268. The second-order valence-electron chi connectivity index (χ2n) is 4.26. The molecule has 0 saturated heterocycles. The lowest BCUT2D eigenvalue weighted by atomic mass is 9.88. The summed E-state index contributed by atoms with van der Waals surface area (Å²) in [5, 5.41) is 19.3. The number of aliphatic hydroxyl groups is 1. The van der Waals surface area contributed by atoms with Crippen molar-refractivity contribution in [3.05, 3.63) is 20.3 Å². The molecule has 3 nitrogen and oxygen atoms in total. The molecule has 1 fully saturated rings. The molecule has 1 aliphatic rings. The molecule has 6 heteroatoms. The fraction of sp³-hybridized carbons (Fsp3) is 0.545. The van der Waals surface area contributed by atoms with Crippen molar-refractivity contribution in [2.24, 2.45) is 11.8 Å². The number of hydrogen-bond donors (Lipinski definition) is 2. The Kier molecular flexibility index (Phi) is 3.98. The number of hydrogen-bond acceptors (Lipinski definition) is 3. The quantitative estimate of drug-likeness (QED) is 0.896. The van der Waals surface area contributed by atoms with Crippen LogP contribution >= 0.6 is 34.5 Å². The monoisotopic (exact) mass is 294 g/mol. The third-order valence-electron chi connectivity index (χ3n) is 3.29. The molecule has 3 unspecified atom stereocenters. The topological polar surface area (TPSA) is 57.5 Å². The van der Waals surface area contributed by atoms with Gasteiger partial charge >= 0.3 is 5.97 Å². The van der Waals surface area contributed by atoms with Gasteiger partial charge in [0.05, 0.1) is 16.4 Å². The van der Waals surface area contributed by atoms with Crippen molar-refractivity contribution in [1.82, 2.24) is 0 Å². The maximum absolute atomic E-state index is 11.1. The summed E-state index contributed by atoms with van der Waals surface area (Å²) in [6.45, 7) is 0. The van der Waals surface area contributed by atoms with Crippen LogP contribution in [0.15, 0.2) is 6.07 Å². The highest BCUT2D eigenvalue weighted by Crippen LogP contribution is 2.44. The second-order valence-corrected chi connectivity index (χ2v) is 6.55. The summed E-state index contributed by atoms with van der Waals surface area (Å²) in [5.41, 5.74) is 0.555. The average molecular weight is 295 g/mol. The van der Waals surface area contributed by atoms with Crippen LogP contribution < -0.4 is 0 Å². The van der Waals surface area contributed by atoms with E-state index in [4.69, 9.17) is 28.3 Å². The van der Waals surface area contributed by atoms with E-state index >= 15 is 0 Å². The van der Waals surface area contributed by atoms with Crippen LogP contribution in [-0.2, 0) is 4.79 Å². The van der Waals surface area contributed by atoms with E-state index in [0.29, 0.717) is 27.1 Å². The Labute approximate surface area is 113 Å². The molecule has 17 heavy (non-hydrogen) atoms. The van der Waals surface area contributed by atoms with Gasteiger partial charge in [-0.15, -0.1) is 11.3 Å². The zero-order valence-electron chi connectivity index (χ0n) is 8.90. The molecule has 3 atom stereocenters. The molecule has 0 aliphatic heterocycles. The summed E-state index contributed by atoms with van der Waals surface area (Å²) in [7, 11) is 0. The van der Waals surface area contributed by atoms with Crippen LogP contribution in [0.3, 0.4) is 0 Å². The molecule has 0 radical (unpaired) electrons. The smallest absolute Gasteiger partial charge is 0.306 e. The van der Waals surface area contributed by atoms with E-state index in [2.05, 4.69) is 0 Å². The maximum Gasteiger partial charge on any atom is 0.306 e. The third kappa shape index (κ3) is 2.60. The Hall–Kier alpha value is -0.290. The van der Waals surface area contributed by atoms with E-state index < -0.39 is 18.0 Å². The molecule has 1 heterocycles. The first-order valence-electron chi connectivity index (χ1n) is 5.36. The summed E-state index contributed by atoms with van der Waals surface area (Å²) >= 11 is 13.0. The van der Waals surface area contributed by atoms with Crippen LogP contribution in [0, 0.1) is 11.8 Å². The van der Waals surface area contributed by atoms with Crippen molar-refractivity contribution in [1.29, 1.82) is 0 Å². The van der Waals surface area contributed by atoms with Crippen molar-refractivity contribution in [2.45, 2.75) is 25.4 Å². The molecular weight excluding hydrogens is 283 g/mol. The van der Waals surface area contributed by atoms with Gasteiger partial charge in [0, 0.05) is 11.5 Å². The molecule has 0 amide bonds. The van der Waals surface area contributed by atoms with E-state index in [0.717, 1.165) is 6.42 Å². The van der Waals surface area contributed by atoms with Gasteiger partial charge in [-0.1, -0.05) is 29.6 Å². The Bertz CT molecular complexity index is 432. The first-order valence-corrected chi connectivity index (χ1v) is 6.93. The normalized spacial score (nSPS) is 26.1. The molecule has 1 saturated carbocycles. The van der Waals surface area contributed by atoms with Crippen LogP contribution in [0.5, 0.6) is 0 Å². The number of carbonyl (C=O) groups is 1. The highest BCUT2D eigenvalue weighted by Gasteiger charge is 2.39. The predicted molar refractivity (Wildman–Crippen MR) is 67.8 cm³/mol. The van der Waals surface area contributed by atoms with Gasteiger partial charge in [0.2, 0.25) is 0 Å². The lowest BCUT2D eigenvalue weighted by molar-refractivity contribution is -0.144. The molecule has 2 N–H and O–H groups in total. The maximum atomic E-state index is 11.1. The van der Waals surface area contributed by atoms with Gasteiger partial charge in [0.25, 0.3) is 0 Å². The minimum Gasteiger partial charge on any atom is -0.481 e. The first kappa shape index (κ1) is 13.1. The number of aliphatic hydroxyl groups excluding tert-OH is 1. The number of halogens is 2. The SMILES string of the molecule is O=C(O)C1CCCC1C(O)c1cc(Cl)sc1Cl. The summed E-state index contributed by atoms with van der Waals surface area (Å²) < 4.78 is 0.951. The van der Waals surface area contributed by atoms with Crippen molar-refractivity contribution in [3.63, 3.8) is 0 Å². The third-order valence-corrected chi connectivity index (χ3v) is 4.81. The van der Waals surface area contributed by atoms with E-state index in [1.165, 1.54) is 11.3 Å².